The van der Waals surface area contributed by atoms with Gasteiger partial charge in [-0.1, -0.05) is 19.1 Å². The lowest BCUT2D eigenvalue weighted by molar-refractivity contribution is -0.0515. The van der Waals surface area contributed by atoms with Gasteiger partial charge in [0.05, 0.1) is 12.7 Å². The van der Waals surface area contributed by atoms with Gasteiger partial charge in [-0.25, -0.2) is 0 Å². The van der Waals surface area contributed by atoms with Crippen LogP contribution in [0, 0.1) is 5.92 Å². The number of benzene rings is 1. The number of rotatable bonds is 2. The van der Waals surface area contributed by atoms with Gasteiger partial charge < -0.3 is 20.9 Å². The summed E-state index contributed by atoms with van der Waals surface area (Å²) in [4.78, 5) is 0. The molecular weight excluding hydrogens is 252 g/mol. The highest BCUT2D eigenvalue weighted by Gasteiger charge is 2.40. The first-order valence-corrected chi connectivity index (χ1v) is 7.19. The predicted molar refractivity (Wildman–Crippen MR) is 82.9 cm³/mol. The quantitative estimate of drug-likeness (QED) is 0.773. The fourth-order valence-electron chi connectivity index (χ4n) is 2.74. The molecular formula is C16H28N2O2. The van der Waals surface area contributed by atoms with Crippen LogP contribution in [0.15, 0.2) is 24.3 Å². The minimum Gasteiger partial charge on any atom is -0.497 e. The number of ether oxygens (including phenoxy) is 1. The number of aliphatic hydroxyl groups is 1. The summed E-state index contributed by atoms with van der Waals surface area (Å²) in [7, 11) is 5.39. The van der Waals surface area contributed by atoms with Gasteiger partial charge in [-0.2, -0.15) is 0 Å². The molecule has 1 aliphatic rings. The third-order valence-electron chi connectivity index (χ3n) is 3.94. The van der Waals surface area contributed by atoms with Crippen LogP contribution >= 0.6 is 0 Å². The molecule has 0 bridgehead atoms. The summed E-state index contributed by atoms with van der Waals surface area (Å²) in [6.45, 7) is 2.07. The highest BCUT2D eigenvalue weighted by Crippen LogP contribution is 2.41. The first kappa shape index (κ1) is 17.0. The van der Waals surface area contributed by atoms with E-state index in [0.717, 1.165) is 30.6 Å². The second-order valence-electron chi connectivity index (χ2n) is 5.59. The minimum absolute atomic E-state index is 0.179. The highest BCUT2D eigenvalue weighted by atomic mass is 16.5. The van der Waals surface area contributed by atoms with Crippen LogP contribution in [-0.4, -0.2) is 32.4 Å². The Morgan fingerprint density at radius 3 is 2.60 bits per heavy atom. The largest absolute Gasteiger partial charge is 0.497 e. The normalized spacial score (nSPS) is 29.3. The zero-order valence-corrected chi connectivity index (χ0v) is 13.0. The summed E-state index contributed by atoms with van der Waals surface area (Å²) in [6.07, 6.45) is 2.47. The van der Waals surface area contributed by atoms with Crippen molar-refractivity contribution in [3.05, 3.63) is 29.8 Å². The van der Waals surface area contributed by atoms with Crippen LogP contribution in [0.3, 0.4) is 0 Å². The van der Waals surface area contributed by atoms with Gasteiger partial charge in [-0.3, -0.25) is 0 Å². The molecule has 1 aromatic carbocycles. The SMILES string of the molecule is CNC.COc1cccc(C2(O)CCC(N)CC2C)c1. The van der Waals surface area contributed by atoms with E-state index in [-0.39, 0.29) is 12.0 Å². The Balaban J connectivity index is 0.000000612. The molecule has 0 aliphatic heterocycles. The van der Waals surface area contributed by atoms with Crippen LogP contribution in [0.2, 0.25) is 0 Å². The van der Waals surface area contributed by atoms with E-state index in [0.29, 0.717) is 0 Å². The van der Waals surface area contributed by atoms with Gasteiger partial charge in [0, 0.05) is 6.04 Å². The van der Waals surface area contributed by atoms with Crippen molar-refractivity contribution >= 4 is 0 Å². The molecule has 0 amide bonds. The van der Waals surface area contributed by atoms with E-state index in [1.165, 1.54) is 0 Å². The summed E-state index contributed by atoms with van der Waals surface area (Å²) in [5.74, 6) is 0.969. The first-order valence-electron chi connectivity index (χ1n) is 7.19. The van der Waals surface area contributed by atoms with Crippen LogP contribution in [0.1, 0.15) is 31.7 Å². The molecule has 2 rings (SSSR count). The van der Waals surface area contributed by atoms with E-state index in [2.05, 4.69) is 12.2 Å². The zero-order chi connectivity index (χ0) is 15.2. The Hall–Kier alpha value is -1.10. The van der Waals surface area contributed by atoms with Gasteiger partial charge in [-0.05, 0) is 57.0 Å². The van der Waals surface area contributed by atoms with Crippen molar-refractivity contribution in [2.45, 2.75) is 37.8 Å². The average molecular weight is 280 g/mol. The predicted octanol–water partition coefficient (Wildman–Crippen LogP) is 1.87. The van der Waals surface area contributed by atoms with Crippen LogP contribution in [0.4, 0.5) is 0 Å². The maximum atomic E-state index is 10.8. The van der Waals surface area contributed by atoms with Crippen LogP contribution in [0.25, 0.3) is 0 Å². The van der Waals surface area contributed by atoms with Crippen molar-refractivity contribution in [1.82, 2.24) is 5.32 Å². The van der Waals surface area contributed by atoms with Crippen LogP contribution < -0.4 is 15.8 Å². The van der Waals surface area contributed by atoms with Crippen molar-refractivity contribution in [3.63, 3.8) is 0 Å². The Morgan fingerprint density at radius 2 is 2.05 bits per heavy atom. The molecule has 1 aliphatic carbocycles. The molecule has 4 nitrogen and oxygen atoms in total. The lowest BCUT2D eigenvalue weighted by atomic mass is 9.71. The van der Waals surface area contributed by atoms with Crippen molar-refractivity contribution < 1.29 is 9.84 Å². The molecule has 1 saturated carbocycles. The smallest absolute Gasteiger partial charge is 0.119 e. The number of hydrogen-bond donors (Lipinski definition) is 3. The average Bonchev–Trinajstić information content (AvgIpc) is 2.44. The van der Waals surface area contributed by atoms with E-state index >= 15 is 0 Å². The molecule has 0 heterocycles. The second kappa shape index (κ2) is 7.62. The maximum Gasteiger partial charge on any atom is 0.119 e. The van der Waals surface area contributed by atoms with Gasteiger partial charge in [0.25, 0.3) is 0 Å². The van der Waals surface area contributed by atoms with Crippen molar-refractivity contribution in [1.29, 1.82) is 0 Å². The lowest BCUT2D eigenvalue weighted by Crippen LogP contribution is -2.43. The molecule has 3 atom stereocenters. The lowest BCUT2D eigenvalue weighted by Gasteiger charge is -2.41. The zero-order valence-electron chi connectivity index (χ0n) is 13.0. The van der Waals surface area contributed by atoms with Gasteiger partial charge >= 0.3 is 0 Å². The fourth-order valence-corrected chi connectivity index (χ4v) is 2.74. The Morgan fingerprint density at radius 1 is 1.40 bits per heavy atom. The van der Waals surface area contributed by atoms with E-state index < -0.39 is 5.60 Å². The van der Waals surface area contributed by atoms with Gasteiger partial charge in [0.1, 0.15) is 5.75 Å². The third kappa shape index (κ3) is 3.95. The Labute approximate surface area is 122 Å². The minimum atomic E-state index is -0.760. The summed E-state index contributed by atoms with van der Waals surface area (Å²) in [5.41, 5.74) is 6.13. The molecule has 3 unspecified atom stereocenters. The summed E-state index contributed by atoms with van der Waals surface area (Å²) >= 11 is 0. The van der Waals surface area contributed by atoms with Crippen molar-refractivity contribution in [3.8, 4) is 5.75 Å². The van der Waals surface area contributed by atoms with Crippen molar-refractivity contribution in [2.75, 3.05) is 21.2 Å². The fraction of sp³-hybridized carbons (Fsp3) is 0.625. The molecule has 0 saturated heterocycles. The monoisotopic (exact) mass is 280 g/mol. The number of methoxy groups -OCH3 is 1. The molecule has 114 valence electrons. The van der Waals surface area contributed by atoms with E-state index in [4.69, 9.17) is 10.5 Å². The number of nitrogens with two attached hydrogens (primary N) is 1. The number of nitrogens with one attached hydrogen (secondary N) is 1. The maximum absolute atomic E-state index is 10.8. The number of hydrogen-bond acceptors (Lipinski definition) is 4. The summed E-state index contributed by atoms with van der Waals surface area (Å²) < 4.78 is 5.21. The highest BCUT2D eigenvalue weighted by molar-refractivity contribution is 5.33. The van der Waals surface area contributed by atoms with E-state index in [1.54, 1.807) is 7.11 Å². The molecule has 0 aromatic heterocycles. The molecule has 1 fully saturated rings. The third-order valence-corrected chi connectivity index (χ3v) is 3.94. The van der Waals surface area contributed by atoms with Gasteiger partial charge in [0.15, 0.2) is 0 Å². The molecule has 4 heteroatoms. The molecule has 0 spiro atoms. The van der Waals surface area contributed by atoms with E-state index in [1.807, 2.05) is 38.4 Å². The second-order valence-corrected chi connectivity index (χ2v) is 5.59. The summed E-state index contributed by atoms with van der Waals surface area (Å²) in [5, 5.41) is 13.6. The topological polar surface area (TPSA) is 67.5 Å². The standard InChI is InChI=1S/C14H21NO2.C2H7N/c1-10-8-12(15)6-7-14(10,16)11-4-3-5-13(9-11)17-2;1-3-2/h3-5,9-10,12,16H,6-8,15H2,1-2H3;3H,1-2H3. The first-order chi connectivity index (χ1) is 9.47. The van der Waals surface area contributed by atoms with Gasteiger partial charge in [0.2, 0.25) is 0 Å². The molecule has 1 aromatic rings. The Bertz CT molecular complexity index is 411. The summed E-state index contributed by atoms with van der Waals surface area (Å²) in [6, 6.07) is 7.93. The van der Waals surface area contributed by atoms with Gasteiger partial charge in [-0.15, -0.1) is 0 Å². The molecule has 4 N–H and O–H groups in total. The van der Waals surface area contributed by atoms with E-state index in [9.17, 15) is 5.11 Å². The van der Waals surface area contributed by atoms with Crippen molar-refractivity contribution in [2.24, 2.45) is 11.7 Å². The molecule has 0 radical (unpaired) electrons. The van der Waals surface area contributed by atoms with Crippen LogP contribution in [-0.2, 0) is 5.60 Å². The molecule has 20 heavy (non-hydrogen) atoms. The van der Waals surface area contributed by atoms with Crippen LogP contribution in [0.5, 0.6) is 5.75 Å². The Kier molecular flexibility index (Phi) is 6.46.